The van der Waals surface area contributed by atoms with Crippen LogP contribution >= 0.6 is 0 Å². The Labute approximate surface area is 155 Å². The van der Waals surface area contributed by atoms with Crippen LogP contribution in [0.2, 0.25) is 0 Å². The normalized spacial score (nSPS) is 23.3. The summed E-state index contributed by atoms with van der Waals surface area (Å²) in [6, 6.07) is 5.71. The first-order chi connectivity index (χ1) is 12.8. The molecule has 144 valence electrons. The predicted molar refractivity (Wildman–Crippen MR) is 95.6 cm³/mol. The minimum absolute atomic E-state index is 0.342. The Hall–Kier alpha value is -2.31. The van der Waals surface area contributed by atoms with Gasteiger partial charge in [-0.15, -0.1) is 0 Å². The van der Waals surface area contributed by atoms with Gasteiger partial charge in [-0.2, -0.15) is 9.49 Å². The molecule has 1 amide bonds. The molecule has 0 radical (unpaired) electrons. The van der Waals surface area contributed by atoms with E-state index in [1.807, 2.05) is 6.07 Å². The summed E-state index contributed by atoms with van der Waals surface area (Å²) in [6.07, 6.45) is -0.842. The van der Waals surface area contributed by atoms with Gasteiger partial charge in [0.05, 0.1) is 0 Å². The third-order valence-electron chi connectivity index (χ3n) is 6.08. The van der Waals surface area contributed by atoms with Crippen LogP contribution < -0.4 is 5.32 Å². The number of hydrogen-bond donors (Lipinski definition) is 1. The number of halogens is 3. The van der Waals surface area contributed by atoms with Gasteiger partial charge in [-0.25, -0.2) is 13.5 Å². The van der Waals surface area contributed by atoms with E-state index >= 15 is 0 Å². The third-order valence-corrected chi connectivity index (χ3v) is 6.08. The number of benzene rings is 1. The molecule has 1 aromatic carbocycles. The average molecular weight is 377 g/mol. The second kappa shape index (κ2) is 6.39. The topological polar surface area (TPSA) is 46.9 Å². The number of fused-ring (bicyclic) bond motifs is 5. The van der Waals surface area contributed by atoms with Gasteiger partial charge in [-0.1, -0.05) is 26.0 Å². The lowest BCUT2D eigenvalue weighted by Crippen LogP contribution is -2.18. The van der Waals surface area contributed by atoms with Crippen molar-refractivity contribution in [2.24, 2.45) is 18.9 Å². The van der Waals surface area contributed by atoms with Gasteiger partial charge >= 0.3 is 0 Å². The van der Waals surface area contributed by atoms with Crippen LogP contribution in [-0.2, 0) is 7.05 Å². The molecule has 1 heterocycles. The fourth-order valence-corrected chi connectivity index (χ4v) is 5.15. The van der Waals surface area contributed by atoms with Crippen LogP contribution in [0.15, 0.2) is 18.2 Å². The Bertz CT molecular complexity index is 906. The van der Waals surface area contributed by atoms with Crippen LogP contribution in [0, 0.1) is 17.8 Å². The van der Waals surface area contributed by atoms with E-state index in [0.29, 0.717) is 34.0 Å². The first-order valence-electron chi connectivity index (χ1n) is 9.26. The van der Waals surface area contributed by atoms with Crippen LogP contribution in [0.1, 0.15) is 72.1 Å². The van der Waals surface area contributed by atoms with E-state index < -0.39 is 29.5 Å². The average Bonchev–Trinajstić information content (AvgIpc) is 3.26. The van der Waals surface area contributed by atoms with E-state index in [1.54, 1.807) is 6.07 Å². The first kappa shape index (κ1) is 18.1. The maximum absolute atomic E-state index is 14.2. The summed E-state index contributed by atoms with van der Waals surface area (Å²) in [5.41, 5.74) is 1.39. The lowest BCUT2D eigenvalue weighted by Gasteiger charge is -2.21. The van der Waals surface area contributed by atoms with Crippen molar-refractivity contribution in [3.8, 4) is 0 Å². The van der Waals surface area contributed by atoms with Crippen molar-refractivity contribution >= 4 is 11.6 Å². The summed E-state index contributed by atoms with van der Waals surface area (Å²) in [4.78, 5) is 12.7. The number of carbonyl (C=O) groups excluding carboxylic acids is 1. The molecule has 2 aliphatic rings. The summed E-state index contributed by atoms with van der Waals surface area (Å²) < 4.78 is 41.3. The van der Waals surface area contributed by atoms with Crippen molar-refractivity contribution < 1.29 is 18.0 Å². The van der Waals surface area contributed by atoms with Crippen molar-refractivity contribution in [1.82, 2.24) is 9.78 Å². The number of aryl methyl sites for hydroxylation is 1. The number of hydrogen-bond acceptors (Lipinski definition) is 2. The van der Waals surface area contributed by atoms with Gasteiger partial charge in [0.15, 0.2) is 0 Å². The summed E-state index contributed by atoms with van der Waals surface area (Å²) in [7, 11) is 1.20. The lowest BCUT2D eigenvalue weighted by atomic mass is 9.85. The second-order valence-corrected chi connectivity index (χ2v) is 7.85. The Morgan fingerprint density at radius 2 is 1.96 bits per heavy atom. The Morgan fingerprint density at radius 1 is 1.26 bits per heavy atom. The molecule has 1 N–H and O–H groups in total. The van der Waals surface area contributed by atoms with Crippen LogP contribution in [0.5, 0.6) is 0 Å². The van der Waals surface area contributed by atoms with Gasteiger partial charge < -0.3 is 5.32 Å². The molecular weight excluding hydrogens is 355 g/mol. The summed E-state index contributed by atoms with van der Waals surface area (Å²) in [5, 5.41) is 6.14. The molecule has 1 saturated carbocycles. The molecular formula is C20H22F3N3O. The van der Waals surface area contributed by atoms with Crippen molar-refractivity contribution in [2.45, 2.75) is 45.0 Å². The summed E-state index contributed by atoms with van der Waals surface area (Å²) in [6.45, 7) is 4.42. The number of rotatable bonds is 4. The minimum Gasteiger partial charge on any atom is -0.322 e. The molecule has 2 aliphatic carbocycles. The highest BCUT2D eigenvalue weighted by Gasteiger charge is 2.48. The van der Waals surface area contributed by atoms with Gasteiger partial charge in [0.25, 0.3) is 12.3 Å². The molecule has 4 rings (SSSR count). The molecule has 0 spiro atoms. The second-order valence-electron chi connectivity index (χ2n) is 7.85. The van der Waals surface area contributed by atoms with E-state index in [0.717, 1.165) is 18.4 Å². The molecule has 27 heavy (non-hydrogen) atoms. The van der Waals surface area contributed by atoms with Crippen LogP contribution in [-0.4, -0.2) is 15.7 Å². The van der Waals surface area contributed by atoms with E-state index in [1.165, 1.54) is 12.6 Å². The van der Waals surface area contributed by atoms with Gasteiger partial charge in [0.2, 0.25) is 5.95 Å². The molecule has 3 unspecified atom stereocenters. The Kier molecular flexibility index (Phi) is 4.28. The molecule has 0 aliphatic heterocycles. The number of alkyl halides is 2. The number of carbonyl (C=O) groups is 1. The monoisotopic (exact) mass is 377 g/mol. The van der Waals surface area contributed by atoms with Crippen LogP contribution in [0.25, 0.3) is 0 Å². The van der Waals surface area contributed by atoms with Gasteiger partial charge in [0.1, 0.15) is 11.3 Å². The van der Waals surface area contributed by atoms with Crippen LogP contribution in [0.3, 0.4) is 0 Å². The maximum Gasteiger partial charge on any atom is 0.283 e. The fraction of sp³-hybridized carbons (Fsp3) is 0.500. The molecule has 7 heteroatoms. The highest BCUT2D eigenvalue weighted by molar-refractivity contribution is 6.05. The molecule has 0 saturated heterocycles. The zero-order chi connectivity index (χ0) is 19.5. The SMILES string of the molecule is CC(C)C1C2CCC1c1c(NC(=O)c3c(C(F)F)nn(C)c3F)cccc12. The summed E-state index contributed by atoms with van der Waals surface area (Å²) >= 11 is 0. The molecule has 3 atom stereocenters. The van der Waals surface area contributed by atoms with Crippen LogP contribution in [0.4, 0.5) is 18.9 Å². The molecule has 2 bridgehead atoms. The largest absolute Gasteiger partial charge is 0.322 e. The van der Waals surface area contributed by atoms with Crippen molar-refractivity contribution in [1.29, 1.82) is 0 Å². The van der Waals surface area contributed by atoms with E-state index in [9.17, 15) is 18.0 Å². The zero-order valence-electron chi connectivity index (χ0n) is 15.5. The molecule has 4 nitrogen and oxygen atoms in total. The number of anilines is 1. The quantitative estimate of drug-likeness (QED) is 0.815. The Balaban J connectivity index is 1.70. The number of nitrogens with one attached hydrogen (secondary N) is 1. The van der Waals surface area contributed by atoms with E-state index in [4.69, 9.17) is 0 Å². The first-order valence-corrected chi connectivity index (χ1v) is 9.26. The highest BCUT2D eigenvalue weighted by Crippen LogP contribution is 2.61. The fourth-order valence-electron chi connectivity index (χ4n) is 5.15. The van der Waals surface area contributed by atoms with E-state index in [-0.39, 0.29) is 0 Å². The van der Waals surface area contributed by atoms with E-state index in [2.05, 4.69) is 30.3 Å². The number of aromatic nitrogens is 2. The van der Waals surface area contributed by atoms with Crippen molar-refractivity contribution in [3.05, 3.63) is 46.5 Å². The van der Waals surface area contributed by atoms with Gasteiger partial charge in [-0.3, -0.25) is 4.79 Å². The molecule has 1 aromatic heterocycles. The van der Waals surface area contributed by atoms with Crippen molar-refractivity contribution in [3.63, 3.8) is 0 Å². The predicted octanol–water partition coefficient (Wildman–Crippen LogP) is 5.00. The third kappa shape index (κ3) is 2.66. The maximum atomic E-state index is 14.2. The zero-order valence-corrected chi connectivity index (χ0v) is 15.5. The summed E-state index contributed by atoms with van der Waals surface area (Å²) in [5.74, 6) is -0.0991. The lowest BCUT2D eigenvalue weighted by molar-refractivity contribution is 0.100. The van der Waals surface area contributed by atoms with Gasteiger partial charge in [0, 0.05) is 12.7 Å². The highest BCUT2D eigenvalue weighted by atomic mass is 19.3. The number of nitrogens with zero attached hydrogens (tertiary/aromatic N) is 2. The standard InChI is InChI=1S/C20H22F3N3O/c1-9(2)14-11-7-8-12(14)15-10(11)5-4-6-13(15)24-20(27)16-17(18(21)22)25-26(3)19(16)23/h4-6,9,11-12,14,18H,7-8H2,1-3H3,(H,24,27). The van der Waals surface area contributed by atoms with Gasteiger partial charge in [-0.05, 0) is 53.7 Å². The number of amides is 1. The van der Waals surface area contributed by atoms with Crippen molar-refractivity contribution in [2.75, 3.05) is 5.32 Å². The Morgan fingerprint density at radius 3 is 2.63 bits per heavy atom. The smallest absolute Gasteiger partial charge is 0.283 e. The molecule has 1 fully saturated rings. The minimum atomic E-state index is -3.02. The molecule has 2 aromatic rings.